The van der Waals surface area contributed by atoms with Crippen molar-refractivity contribution in [3.63, 3.8) is 0 Å². The molecule has 1 spiro atoms. The summed E-state index contributed by atoms with van der Waals surface area (Å²) in [5.41, 5.74) is -1.07. The highest BCUT2D eigenvalue weighted by atomic mass is 16.7. The SMILES string of the molecule is CO[C@H]1[C@H]2O[C@@H]3CC=CC(=O)[C@]31O[C@H]2n1cc(C)c(=O)n(COCc2ccccc2)c1=O. The van der Waals surface area contributed by atoms with Gasteiger partial charge in [-0.3, -0.25) is 14.2 Å². The predicted octanol–water partition coefficient (Wildman–Crippen LogP) is 1.07. The van der Waals surface area contributed by atoms with E-state index in [1.54, 1.807) is 13.0 Å². The zero-order chi connectivity index (χ0) is 22.5. The first-order valence-corrected chi connectivity index (χ1v) is 10.5. The van der Waals surface area contributed by atoms with E-state index in [0.29, 0.717) is 12.0 Å². The number of aryl methyl sites for hydroxylation is 1. The van der Waals surface area contributed by atoms with Crippen molar-refractivity contribution in [1.29, 1.82) is 0 Å². The normalized spacial score (nSPS) is 30.6. The van der Waals surface area contributed by atoms with Gasteiger partial charge in [0.25, 0.3) is 5.56 Å². The molecule has 2 aliphatic heterocycles. The van der Waals surface area contributed by atoms with Crippen molar-refractivity contribution < 1.29 is 23.7 Å². The van der Waals surface area contributed by atoms with Gasteiger partial charge in [-0.25, -0.2) is 9.36 Å². The molecule has 2 fully saturated rings. The summed E-state index contributed by atoms with van der Waals surface area (Å²) in [7, 11) is 1.49. The van der Waals surface area contributed by atoms with Crippen molar-refractivity contribution in [2.45, 2.75) is 56.8 Å². The summed E-state index contributed by atoms with van der Waals surface area (Å²) in [5, 5.41) is 0. The lowest BCUT2D eigenvalue weighted by atomic mass is 9.83. The van der Waals surface area contributed by atoms with Gasteiger partial charge in [-0.05, 0) is 25.0 Å². The Morgan fingerprint density at radius 1 is 1.19 bits per heavy atom. The van der Waals surface area contributed by atoms with Crippen LogP contribution in [0.5, 0.6) is 0 Å². The number of hydrogen-bond donors (Lipinski definition) is 0. The Labute approximate surface area is 183 Å². The van der Waals surface area contributed by atoms with E-state index in [1.807, 2.05) is 30.3 Å². The summed E-state index contributed by atoms with van der Waals surface area (Å²) >= 11 is 0. The summed E-state index contributed by atoms with van der Waals surface area (Å²) in [5.74, 6) is -0.241. The molecule has 5 rings (SSSR count). The number of nitrogens with zero attached hydrogens (tertiary/aromatic N) is 2. The molecule has 0 radical (unpaired) electrons. The number of ketones is 1. The molecule has 1 aromatic heterocycles. The number of rotatable bonds is 6. The molecule has 0 N–H and O–H groups in total. The molecule has 0 amide bonds. The van der Waals surface area contributed by atoms with Crippen LogP contribution in [0.2, 0.25) is 0 Å². The first kappa shape index (κ1) is 21.0. The van der Waals surface area contributed by atoms with Gasteiger partial charge in [0.05, 0.1) is 6.61 Å². The molecule has 1 aromatic carbocycles. The molecule has 3 aliphatic rings. The summed E-state index contributed by atoms with van der Waals surface area (Å²) in [4.78, 5) is 38.7. The van der Waals surface area contributed by atoms with Crippen LogP contribution >= 0.6 is 0 Å². The highest BCUT2D eigenvalue weighted by molar-refractivity contribution is 6.00. The Kier molecular flexibility index (Phi) is 5.21. The molecule has 2 saturated heterocycles. The lowest BCUT2D eigenvalue weighted by Gasteiger charge is -2.37. The van der Waals surface area contributed by atoms with Crippen LogP contribution < -0.4 is 11.2 Å². The number of aromatic nitrogens is 2. The third kappa shape index (κ3) is 3.04. The minimum absolute atomic E-state index is 0.213. The second-order valence-corrected chi connectivity index (χ2v) is 8.25. The first-order chi connectivity index (χ1) is 15.5. The van der Waals surface area contributed by atoms with Gasteiger partial charge in [-0.15, -0.1) is 0 Å². The van der Waals surface area contributed by atoms with E-state index in [4.69, 9.17) is 18.9 Å². The van der Waals surface area contributed by atoms with Gasteiger partial charge in [0, 0.05) is 18.9 Å². The van der Waals surface area contributed by atoms with Crippen LogP contribution in [0, 0.1) is 6.92 Å². The van der Waals surface area contributed by atoms with Crippen LogP contribution in [-0.2, 0) is 37.1 Å². The highest BCUT2D eigenvalue weighted by Gasteiger charge is 2.71. The Hall–Kier alpha value is -2.85. The van der Waals surface area contributed by atoms with Crippen LogP contribution in [-0.4, -0.2) is 45.9 Å². The number of hydrogen-bond acceptors (Lipinski definition) is 7. The maximum absolute atomic E-state index is 13.3. The van der Waals surface area contributed by atoms with E-state index in [0.717, 1.165) is 10.1 Å². The Morgan fingerprint density at radius 2 is 1.97 bits per heavy atom. The van der Waals surface area contributed by atoms with E-state index < -0.39 is 41.4 Å². The second-order valence-electron chi connectivity index (χ2n) is 8.25. The largest absolute Gasteiger partial charge is 0.375 e. The lowest BCUT2D eigenvalue weighted by molar-refractivity contribution is -0.210. The standard InChI is InChI=1S/C23H24N2O7/c1-14-11-24(22(28)25(20(14)27)13-30-12-15-7-4-3-5-8-15)21-18-19(29-2)23(32-21)16(26)9-6-10-17(23)31-18/h3-9,11,17-19,21H,10,12-13H2,1-2H3/t17-,18-,19+,21-,23+/m1/s1. The second kappa shape index (κ2) is 7.93. The molecule has 0 saturated carbocycles. The number of methoxy groups -OCH3 is 1. The number of benzene rings is 1. The molecule has 168 valence electrons. The number of fused-ring (bicyclic) bond motifs is 1. The maximum atomic E-state index is 13.3. The number of carbonyl (C=O) groups excluding carboxylic acids is 1. The van der Waals surface area contributed by atoms with Gasteiger partial charge in [0.1, 0.15) is 25.0 Å². The molecule has 9 nitrogen and oxygen atoms in total. The quantitative estimate of drug-likeness (QED) is 0.663. The highest BCUT2D eigenvalue weighted by Crippen LogP contribution is 2.52. The monoisotopic (exact) mass is 440 g/mol. The summed E-state index contributed by atoms with van der Waals surface area (Å²) in [6.45, 7) is 1.66. The van der Waals surface area contributed by atoms with Crippen molar-refractivity contribution in [2.75, 3.05) is 7.11 Å². The van der Waals surface area contributed by atoms with Crippen molar-refractivity contribution >= 4 is 5.78 Å². The minimum atomic E-state index is -1.29. The van der Waals surface area contributed by atoms with Gasteiger partial charge in [0.15, 0.2) is 17.6 Å². The van der Waals surface area contributed by atoms with Crippen LogP contribution in [0.15, 0.2) is 58.3 Å². The molecule has 0 unspecified atom stereocenters. The zero-order valence-corrected chi connectivity index (χ0v) is 17.8. The van der Waals surface area contributed by atoms with E-state index in [2.05, 4.69) is 0 Å². The first-order valence-electron chi connectivity index (χ1n) is 10.5. The minimum Gasteiger partial charge on any atom is -0.375 e. The van der Waals surface area contributed by atoms with Crippen molar-refractivity contribution in [3.05, 3.63) is 80.6 Å². The van der Waals surface area contributed by atoms with Gasteiger partial charge < -0.3 is 18.9 Å². The fourth-order valence-corrected chi connectivity index (χ4v) is 4.84. The van der Waals surface area contributed by atoms with Crippen LogP contribution in [0.25, 0.3) is 0 Å². The molecule has 5 atom stereocenters. The van der Waals surface area contributed by atoms with E-state index in [9.17, 15) is 14.4 Å². The van der Waals surface area contributed by atoms with E-state index >= 15 is 0 Å². The third-order valence-electron chi connectivity index (χ3n) is 6.35. The van der Waals surface area contributed by atoms with Crippen molar-refractivity contribution in [3.8, 4) is 0 Å². The van der Waals surface area contributed by atoms with Gasteiger partial charge in [-0.1, -0.05) is 36.4 Å². The number of carbonyl (C=O) groups is 1. The fourth-order valence-electron chi connectivity index (χ4n) is 4.84. The third-order valence-corrected chi connectivity index (χ3v) is 6.35. The molecule has 32 heavy (non-hydrogen) atoms. The molecule has 3 heterocycles. The Morgan fingerprint density at radius 3 is 2.72 bits per heavy atom. The predicted molar refractivity (Wildman–Crippen MR) is 112 cm³/mol. The summed E-state index contributed by atoms with van der Waals surface area (Å²) in [6.07, 6.45) is 2.50. The van der Waals surface area contributed by atoms with E-state index in [1.165, 1.54) is 23.9 Å². The topological polar surface area (TPSA) is 98.0 Å². The van der Waals surface area contributed by atoms with Crippen molar-refractivity contribution in [1.82, 2.24) is 9.13 Å². The average molecular weight is 440 g/mol. The smallest absolute Gasteiger partial charge is 0.335 e. The molecular formula is C23H24N2O7. The van der Waals surface area contributed by atoms with Gasteiger partial charge in [0.2, 0.25) is 0 Å². The molecule has 9 heteroatoms. The summed E-state index contributed by atoms with van der Waals surface area (Å²) in [6, 6.07) is 9.46. The Balaban J connectivity index is 1.46. The van der Waals surface area contributed by atoms with Crippen LogP contribution in [0.4, 0.5) is 0 Å². The molecule has 2 aromatic rings. The Bertz CT molecular complexity index is 1190. The zero-order valence-electron chi connectivity index (χ0n) is 17.8. The maximum Gasteiger partial charge on any atom is 0.335 e. The molecule has 2 bridgehead atoms. The molecule has 1 aliphatic carbocycles. The van der Waals surface area contributed by atoms with Gasteiger partial charge in [-0.2, -0.15) is 0 Å². The molecular weight excluding hydrogens is 416 g/mol. The van der Waals surface area contributed by atoms with E-state index in [-0.39, 0.29) is 19.1 Å². The lowest BCUT2D eigenvalue weighted by Crippen LogP contribution is -2.55. The van der Waals surface area contributed by atoms with Crippen molar-refractivity contribution in [2.24, 2.45) is 0 Å². The van der Waals surface area contributed by atoms with Crippen LogP contribution in [0.1, 0.15) is 23.8 Å². The number of ether oxygens (including phenoxy) is 4. The summed E-state index contributed by atoms with van der Waals surface area (Å²) < 4.78 is 25.9. The average Bonchev–Trinajstić information content (AvgIpc) is 3.30. The van der Waals surface area contributed by atoms with Crippen LogP contribution in [0.3, 0.4) is 0 Å². The fraction of sp³-hybridized carbons (Fsp3) is 0.435. The van der Waals surface area contributed by atoms with Gasteiger partial charge >= 0.3 is 5.69 Å².